The molecule has 7 nitrogen and oxygen atoms in total. The van der Waals surface area contributed by atoms with E-state index in [1.54, 1.807) is 25.1 Å². The average Bonchev–Trinajstić information content (AvgIpc) is 2.89. The number of carboxylic acid groups (broad SMARTS) is 1. The number of carbonyl (C=O) groups excluding carboxylic acids is 1. The first-order chi connectivity index (χ1) is 11.5. The van der Waals surface area contributed by atoms with E-state index in [-0.39, 0.29) is 17.7 Å². The number of benzene rings is 1. The molecule has 0 fully saturated rings. The normalized spacial score (nSPS) is 10.3. The van der Waals surface area contributed by atoms with Crippen molar-refractivity contribution in [2.45, 2.75) is 20.3 Å². The molecule has 0 aliphatic carbocycles. The van der Waals surface area contributed by atoms with Crippen LogP contribution >= 0.6 is 0 Å². The smallest absolute Gasteiger partial charge is 0.311 e. The van der Waals surface area contributed by atoms with Crippen molar-refractivity contribution in [2.75, 3.05) is 19.0 Å². The maximum absolute atomic E-state index is 12.6. The predicted molar refractivity (Wildman–Crippen MR) is 86.9 cm³/mol. The fourth-order valence-electron chi connectivity index (χ4n) is 2.27. The highest BCUT2D eigenvalue weighted by Crippen LogP contribution is 2.30. The number of furan rings is 1. The van der Waals surface area contributed by atoms with Crippen LogP contribution in [0.2, 0.25) is 0 Å². The standard InChI is InChI=1S/C17H19NO6/c1-4-23-13-6-5-11(22-3)7-12(13)18-17(21)16-10(2)9-24-14(16)8-15(19)20/h5-7,9H,4,8H2,1-3H3,(H,18,21)(H,19,20). The first kappa shape index (κ1) is 17.4. The van der Waals surface area contributed by atoms with Crippen molar-refractivity contribution in [1.29, 1.82) is 0 Å². The van der Waals surface area contributed by atoms with Gasteiger partial charge >= 0.3 is 5.97 Å². The minimum Gasteiger partial charge on any atom is -0.497 e. The van der Waals surface area contributed by atoms with Crippen LogP contribution in [0.1, 0.15) is 28.6 Å². The highest BCUT2D eigenvalue weighted by molar-refractivity contribution is 6.07. The lowest BCUT2D eigenvalue weighted by Gasteiger charge is -2.13. The van der Waals surface area contributed by atoms with Gasteiger partial charge in [-0.1, -0.05) is 0 Å². The molecule has 1 aromatic heterocycles. The topological polar surface area (TPSA) is 98.0 Å². The molecule has 1 aromatic carbocycles. The second kappa shape index (κ2) is 7.54. The summed E-state index contributed by atoms with van der Waals surface area (Å²) in [6.07, 6.45) is 0.995. The summed E-state index contributed by atoms with van der Waals surface area (Å²) in [6.45, 7) is 3.95. The monoisotopic (exact) mass is 333 g/mol. The maximum Gasteiger partial charge on any atom is 0.311 e. The summed E-state index contributed by atoms with van der Waals surface area (Å²) in [5.74, 6) is -0.379. The van der Waals surface area contributed by atoms with E-state index in [4.69, 9.17) is 19.0 Å². The highest BCUT2D eigenvalue weighted by atomic mass is 16.5. The Kier molecular flexibility index (Phi) is 5.47. The van der Waals surface area contributed by atoms with Gasteiger partial charge in [-0.15, -0.1) is 0 Å². The number of methoxy groups -OCH3 is 1. The van der Waals surface area contributed by atoms with Crippen LogP contribution in [-0.4, -0.2) is 30.7 Å². The van der Waals surface area contributed by atoms with Gasteiger partial charge in [-0.2, -0.15) is 0 Å². The van der Waals surface area contributed by atoms with Gasteiger partial charge in [-0.3, -0.25) is 9.59 Å². The van der Waals surface area contributed by atoms with Crippen LogP contribution in [-0.2, 0) is 11.2 Å². The first-order valence-electron chi connectivity index (χ1n) is 7.37. The van der Waals surface area contributed by atoms with Crippen molar-refractivity contribution in [3.63, 3.8) is 0 Å². The number of hydrogen-bond acceptors (Lipinski definition) is 5. The molecule has 0 atom stereocenters. The lowest BCUT2D eigenvalue weighted by Crippen LogP contribution is -2.16. The third-order valence-corrected chi connectivity index (χ3v) is 3.32. The van der Waals surface area contributed by atoms with Crippen molar-refractivity contribution >= 4 is 17.6 Å². The Morgan fingerprint density at radius 1 is 1.33 bits per heavy atom. The Labute approximate surface area is 139 Å². The summed E-state index contributed by atoms with van der Waals surface area (Å²) < 4.78 is 15.8. The molecule has 1 heterocycles. The van der Waals surface area contributed by atoms with Gasteiger partial charge in [0.1, 0.15) is 23.7 Å². The molecule has 0 bridgehead atoms. The molecule has 0 saturated carbocycles. The molecule has 0 radical (unpaired) electrons. The highest BCUT2D eigenvalue weighted by Gasteiger charge is 2.21. The van der Waals surface area contributed by atoms with Gasteiger partial charge in [-0.25, -0.2) is 0 Å². The number of rotatable bonds is 7. The number of anilines is 1. The van der Waals surface area contributed by atoms with E-state index in [9.17, 15) is 9.59 Å². The van der Waals surface area contributed by atoms with E-state index in [2.05, 4.69) is 5.32 Å². The first-order valence-corrected chi connectivity index (χ1v) is 7.37. The third kappa shape index (κ3) is 3.87. The number of aryl methyl sites for hydroxylation is 1. The van der Waals surface area contributed by atoms with E-state index in [1.165, 1.54) is 13.4 Å². The van der Waals surface area contributed by atoms with Crippen LogP contribution in [0.15, 0.2) is 28.9 Å². The summed E-state index contributed by atoms with van der Waals surface area (Å²) in [4.78, 5) is 23.5. The summed E-state index contributed by atoms with van der Waals surface area (Å²) in [5.41, 5.74) is 1.20. The number of nitrogens with one attached hydrogen (secondary N) is 1. The SMILES string of the molecule is CCOc1ccc(OC)cc1NC(=O)c1c(C)coc1CC(=O)O. The van der Waals surface area contributed by atoms with E-state index in [0.717, 1.165) is 0 Å². The molecule has 0 saturated heterocycles. The molecule has 24 heavy (non-hydrogen) atoms. The lowest BCUT2D eigenvalue weighted by atomic mass is 10.1. The van der Waals surface area contributed by atoms with Crippen LogP contribution < -0.4 is 14.8 Å². The van der Waals surface area contributed by atoms with Gasteiger partial charge in [-0.05, 0) is 26.0 Å². The second-order valence-corrected chi connectivity index (χ2v) is 5.04. The minimum absolute atomic E-state index is 0.110. The maximum atomic E-state index is 12.6. The van der Waals surface area contributed by atoms with Crippen molar-refractivity contribution in [3.8, 4) is 11.5 Å². The second-order valence-electron chi connectivity index (χ2n) is 5.04. The number of aliphatic carboxylic acids is 1. The molecule has 2 N–H and O–H groups in total. The molecular weight excluding hydrogens is 314 g/mol. The number of amides is 1. The van der Waals surface area contributed by atoms with Gasteiger partial charge < -0.3 is 24.3 Å². The van der Waals surface area contributed by atoms with Gasteiger partial charge in [0.05, 0.1) is 31.2 Å². The van der Waals surface area contributed by atoms with Gasteiger partial charge in [0.15, 0.2) is 0 Å². The van der Waals surface area contributed by atoms with Crippen molar-refractivity contribution in [2.24, 2.45) is 0 Å². The van der Waals surface area contributed by atoms with E-state index < -0.39 is 11.9 Å². The Hall–Kier alpha value is -2.96. The number of hydrogen-bond donors (Lipinski definition) is 2. The Morgan fingerprint density at radius 2 is 2.08 bits per heavy atom. The average molecular weight is 333 g/mol. The summed E-state index contributed by atoms with van der Waals surface area (Å²) >= 11 is 0. The van der Waals surface area contributed by atoms with E-state index in [0.29, 0.717) is 29.4 Å². The summed E-state index contributed by atoms with van der Waals surface area (Å²) in [7, 11) is 1.52. The molecular formula is C17H19NO6. The Balaban J connectivity index is 2.33. The zero-order chi connectivity index (χ0) is 17.7. The number of carbonyl (C=O) groups is 2. The molecule has 7 heteroatoms. The molecule has 0 unspecified atom stereocenters. The van der Waals surface area contributed by atoms with E-state index >= 15 is 0 Å². The zero-order valence-corrected chi connectivity index (χ0v) is 13.7. The summed E-state index contributed by atoms with van der Waals surface area (Å²) in [5, 5.41) is 11.7. The predicted octanol–water partition coefficient (Wildman–Crippen LogP) is 2.87. The summed E-state index contributed by atoms with van der Waals surface area (Å²) in [6, 6.07) is 5.05. The van der Waals surface area contributed by atoms with Gasteiger partial charge in [0.2, 0.25) is 0 Å². The van der Waals surface area contributed by atoms with Crippen LogP contribution in [0.4, 0.5) is 5.69 Å². The van der Waals surface area contributed by atoms with Crippen LogP contribution in [0, 0.1) is 6.92 Å². The molecule has 0 aliphatic rings. The van der Waals surface area contributed by atoms with Gasteiger partial charge in [0, 0.05) is 11.6 Å². The zero-order valence-electron chi connectivity index (χ0n) is 13.7. The van der Waals surface area contributed by atoms with Crippen molar-refractivity contribution < 1.29 is 28.6 Å². The van der Waals surface area contributed by atoms with Crippen molar-refractivity contribution in [1.82, 2.24) is 0 Å². The van der Waals surface area contributed by atoms with Crippen LogP contribution in [0.3, 0.4) is 0 Å². The third-order valence-electron chi connectivity index (χ3n) is 3.32. The molecule has 128 valence electrons. The fraction of sp³-hybridized carbons (Fsp3) is 0.294. The minimum atomic E-state index is -1.07. The van der Waals surface area contributed by atoms with Crippen LogP contribution in [0.5, 0.6) is 11.5 Å². The largest absolute Gasteiger partial charge is 0.497 e. The van der Waals surface area contributed by atoms with E-state index in [1.807, 2.05) is 6.92 Å². The lowest BCUT2D eigenvalue weighted by molar-refractivity contribution is -0.136. The van der Waals surface area contributed by atoms with Crippen LogP contribution in [0.25, 0.3) is 0 Å². The number of ether oxygens (including phenoxy) is 2. The molecule has 2 rings (SSSR count). The molecule has 0 aliphatic heterocycles. The Bertz CT molecular complexity index is 750. The Morgan fingerprint density at radius 3 is 2.71 bits per heavy atom. The quantitative estimate of drug-likeness (QED) is 0.808. The van der Waals surface area contributed by atoms with Gasteiger partial charge in [0.25, 0.3) is 5.91 Å². The number of carboxylic acids is 1. The molecule has 2 aromatic rings. The molecule has 1 amide bonds. The van der Waals surface area contributed by atoms with Crippen molar-refractivity contribution in [3.05, 3.63) is 41.3 Å². The fourth-order valence-corrected chi connectivity index (χ4v) is 2.27. The molecule has 0 spiro atoms.